The molecule has 2 aromatic heterocycles. The van der Waals surface area contributed by atoms with Crippen LogP contribution in [0.5, 0.6) is 0 Å². The van der Waals surface area contributed by atoms with Crippen LogP contribution in [0.3, 0.4) is 0 Å². The molecule has 0 aliphatic carbocycles. The number of nitrogens with one attached hydrogen (secondary N) is 1. The lowest BCUT2D eigenvalue weighted by molar-refractivity contribution is 0.276. The maximum Gasteiger partial charge on any atom is 0.197 e. The molecule has 0 aliphatic heterocycles. The fraction of sp³-hybridized carbons (Fsp3) is 0.364. The smallest absolute Gasteiger partial charge is 0.197 e. The summed E-state index contributed by atoms with van der Waals surface area (Å²) >= 11 is 3.40. The van der Waals surface area contributed by atoms with Crippen LogP contribution in [0.2, 0.25) is 0 Å². The summed E-state index contributed by atoms with van der Waals surface area (Å²) in [4.78, 5) is 9.20. The molecule has 17 heavy (non-hydrogen) atoms. The van der Waals surface area contributed by atoms with Gasteiger partial charge in [-0.2, -0.15) is 0 Å². The van der Waals surface area contributed by atoms with Crippen molar-refractivity contribution in [2.24, 2.45) is 5.84 Å². The van der Waals surface area contributed by atoms with E-state index in [1.807, 2.05) is 6.20 Å². The van der Waals surface area contributed by atoms with Crippen molar-refractivity contribution >= 4 is 27.8 Å². The minimum absolute atomic E-state index is 0.771. The van der Waals surface area contributed by atoms with Gasteiger partial charge in [0.15, 0.2) is 5.13 Å². The van der Waals surface area contributed by atoms with Crippen molar-refractivity contribution in [3.05, 3.63) is 33.5 Å². The summed E-state index contributed by atoms with van der Waals surface area (Å²) in [5.74, 6) is 5.32. The fourth-order valence-corrected chi connectivity index (χ4v) is 3.08. The van der Waals surface area contributed by atoms with Gasteiger partial charge in [-0.25, -0.2) is 10.8 Å². The number of hydrazine groups is 1. The van der Waals surface area contributed by atoms with E-state index in [9.17, 15) is 0 Å². The third kappa shape index (κ3) is 3.50. The van der Waals surface area contributed by atoms with Crippen LogP contribution in [0.1, 0.15) is 16.7 Å². The predicted molar refractivity (Wildman–Crippen MR) is 74.0 cm³/mol. The summed E-state index contributed by atoms with van der Waals surface area (Å²) in [6.07, 6.45) is 1.89. The van der Waals surface area contributed by atoms with Crippen LogP contribution in [-0.4, -0.2) is 16.4 Å². The van der Waals surface area contributed by atoms with E-state index in [-0.39, 0.29) is 0 Å². The molecule has 6 heteroatoms. The molecule has 0 fully saturated rings. The zero-order valence-corrected chi connectivity index (χ0v) is 11.4. The third-order valence-corrected chi connectivity index (χ3v) is 4.24. The van der Waals surface area contributed by atoms with E-state index in [0.29, 0.717) is 0 Å². The van der Waals surface area contributed by atoms with Crippen molar-refractivity contribution in [3.63, 3.8) is 0 Å². The number of thiazole rings is 1. The van der Waals surface area contributed by atoms with E-state index in [0.717, 1.165) is 24.8 Å². The Morgan fingerprint density at radius 3 is 2.82 bits per heavy atom. The highest BCUT2D eigenvalue weighted by atomic mass is 32.1. The SMILES string of the molecule is CCN(Cc1cccs1)Cc1cnc(NN)s1. The third-order valence-electron chi connectivity index (χ3n) is 2.46. The summed E-state index contributed by atoms with van der Waals surface area (Å²) in [6.45, 7) is 5.13. The van der Waals surface area contributed by atoms with Crippen LogP contribution < -0.4 is 11.3 Å². The van der Waals surface area contributed by atoms with Crippen molar-refractivity contribution in [1.82, 2.24) is 9.88 Å². The van der Waals surface area contributed by atoms with Crippen LogP contribution in [-0.2, 0) is 13.1 Å². The Kier molecular flexibility index (Phi) is 4.49. The Labute approximate surface area is 109 Å². The van der Waals surface area contributed by atoms with Crippen molar-refractivity contribution < 1.29 is 0 Å². The Morgan fingerprint density at radius 1 is 1.41 bits per heavy atom. The number of hydrogen-bond donors (Lipinski definition) is 2. The Balaban J connectivity index is 1.95. The largest absolute Gasteiger partial charge is 0.300 e. The second-order valence-corrected chi connectivity index (χ2v) is 5.81. The molecule has 0 radical (unpaired) electrons. The van der Waals surface area contributed by atoms with Crippen LogP contribution in [0.25, 0.3) is 0 Å². The first-order valence-electron chi connectivity index (χ1n) is 5.48. The quantitative estimate of drug-likeness (QED) is 0.624. The minimum atomic E-state index is 0.771. The highest BCUT2D eigenvalue weighted by molar-refractivity contribution is 7.15. The molecule has 0 unspecified atom stereocenters. The average Bonchev–Trinajstić information content (AvgIpc) is 2.99. The molecule has 3 N–H and O–H groups in total. The number of nitrogens with zero attached hydrogens (tertiary/aromatic N) is 2. The van der Waals surface area contributed by atoms with Crippen LogP contribution >= 0.6 is 22.7 Å². The molecule has 92 valence electrons. The average molecular weight is 268 g/mol. The van der Waals surface area contributed by atoms with Gasteiger partial charge in [0.1, 0.15) is 0 Å². The molecule has 0 aromatic carbocycles. The summed E-state index contributed by atoms with van der Waals surface area (Å²) in [6, 6.07) is 4.27. The highest BCUT2D eigenvalue weighted by Gasteiger charge is 2.08. The molecule has 0 atom stereocenters. The molecule has 2 rings (SSSR count). The standard InChI is InChI=1S/C11H16N4S2/c1-2-15(7-9-4-3-5-16-9)8-10-6-13-11(14-12)17-10/h3-6H,2,7-8,12H2,1H3,(H,13,14). The first-order valence-corrected chi connectivity index (χ1v) is 7.17. The molecule has 2 aromatic rings. The second kappa shape index (κ2) is 6.11. The zero-order valence-electron chi connectivity index (χ0n) is 9.72. The number of anilines is 1. The van der Waals surface area contributed by atoms with Crippen LogP contribution in [0.4, 0.5) is 5.13 Å². The lowest BCUT2D eigenvalue weighted by Gasteiger charge is -2.18. The summed E-state index contributed by atoms with van der Waals surface area (Å²) in [7, 11) is 0. The summed E-state index contributed by atoms with van der Waals surface area (Å²) in [5.41, 5.74) is 2.58. The molecule has 2 heterocycles. The van der Waals surface area contributed by atoms with Crippen molar-refractivity contribution in [2.45, 2.75) is 20.0 Å². The molecule has 0 aliphatic rings. The molecule has 4 nitrogen and oxygen atoms in total. The molecule has 0 spiro atoms. The number of hydrogen-bond acceptors (Lipinski definition) is 6. The molecular weight excluding hydrogens is 252 g/mol. The van der Waals surface area contributed by atoms with Crippen molar-refractivity contribution in [1.29, 1.82) is 0 Å². The van der Waals surface area contributed by atoms with E-state index >= 15 is 0 Å². The lowest BCUT2D eigenvalue weighted by atomic mass is 10.4. The first kappa shape index (κ1) is 12.5. The Bertz CT molecular complexity index is 438. The number of rotatable bonds is 6. The lowest BCUT2D eigenvalue weighted by Crippen LogP contribution is -2.21. The van der Waals surface area contributed by atoms with E-state index in [1.165, 1.54) is 9.75 Å². The van der Waals surface area contributed by atoms with Gasteiger partial charge in [-0.3, -0.25) is 10.3 Å². The molecular formula is C11H16N4S2. The fourth-order valence-electron chi connectivity index (χ4n) is 1.57. The minimum Gasteiger partial charge on any atom is -0.300 e. The summed E-state index contributed by atoms with van der Waals surface area (Å²) in [5, 5.41) is 2.89. The van der Waals surface area contributed by atoms with E-state index in [1.54, 1.807) is 22.7 Å². The monoisotopic (exact) mass is 268 g/mol. The maximum absolute atomic E-state index is 5.32. The number of aromatic nitrogens is 1. The van der Waals surface area contributed by atoms with Gasteiger partial charge in [0, 0.05) is 29.0 Å². The van der Waals surface area contributed by atoms with Gasteiger partial charge in [-0.1, -0.05) is 24.3 Å². The van der Waals surface area contributed by atoms with Gasteiger partial charge in [0.05, 0.1) is 0 Å². The van der Waals surface area contributed by atoms with E-state index in [2.05, 4.69) is 39.7 Å². The Morgan fingerprint density at radius 2 is 2.24 bits per heavy atom. The van der Waals surface area contributed by atoms with E-state index < -0.39 is 0 Å². The van der Waals surface area contributed by atoms with Gasteiger partial charge in [0.2, 0.25) is 0 Å². The van der Waals surface area contributed by atoms with Crippen LogP contribution in [0, 0.1) is 0 Å². The normalized spacial score (nSPS) is 11.0. The molecule has 0 amide bonds. The number of nitrogens with two attached hydrogens (primary N) is 1. The van der Waals surface area contributed by atoms with E-state index in [4.69, 9.17) is 5.84 Å². The first-order chi connectivity index (χ1) is 8.31. The maximum atomic E-state index is 5.32. The topological polar surface area (TPSA) is 54.2 Å². The van der Waals surface area contributed by atoms with Crippen molar-refractivity contribution in [3.8, 4) is 0 Å². The summed E-state index contributed by atoms with van der Waals surface area (Å²) < 4.78 is 0. The van der Waals surface area contributed by atoms with Crippen molar-refractivity contribution in [2.75, 3.05) is 12.0 Å². The molecule has 0 bridgehead atoms. The number of thiophene rings is 1. The Hall–Kier alpha value is -0.950. The molecule has 0 saturated carbocycles. The van der Waals surface area contributed by atoms with Crippen LogP contribution in [0.15, 0.2) is 23.7 Å². The van der Waals surface area contributed by atoms with Gasteiger partial charge >= 0.3 is 0 Å². The number of nitrogen functional groups attached to an aromatic ring is 1. The predicted octanol–water partition coefficient (Wildman–Crippen LogP) is 2.51. The molecule has 0 saturated heterocycles. The van der Waals surface area contributed by atoms with Gasteiger partial charge in [-0.05, 0) is 18.0 Å². The van der Waals surface area contributed by atoms with Gasteiger partial charge < -0.3 is 0 Å². The zero-order chi connectivity index (χ0) is 12.1. The van der Waals surface area contributed by atoms with Gasteiger partial charge in [0.25, 0.3) is 0 Å². The highest BCUT2D eigenvalue weighted by Crippen LogP contribution is 2.20. The van der Waals surface area contributed by atoms with Gasteiger partial charge in [-0.15, -0.1) is 11.3 Å². The second-order valence-electron chi connectivity index (χ2n) is 3.66.